The summed E-state index contributed by atoms with van der Waals surface area (Å²) >= 11 is 0. The molecular formula is C10H15NO3. The van der Waals surface area contributed by atoms with E-state index in [1.807, 2.05) is 12.1 Å². The van der Waals surface area contributed by atoms with Gasteiger partial charge in [0.1, 0.15) is 18.5 Å². The Bertz CT molecular complexity index is 261. The fraction of sp³-hybridized carbons (Fsp3) is 0.400. The normalized spacial score (nSPS) is 12.5. The molecule has 78 valence electrons. The highest BCUT2D eigenvalue weighted by molar-refractivity contribution is 5.27. The standard InChI is InChI=1S/C10H15NO3/c11-5-8-1-3-10(4-2-8)14-7-9(13)6-12/h1-4,9,12-13H,5-7,11H2/t9-/m1/s1. The van der Waals surface area contributed by atoms with Crippen LogP contribution in [0.15, 0.2) is 24.3 Å². The number of hydrogen-bond donors (Lipinski definition) is 3. The van der Waals surface area contributed by atoms with Crippen LogP contribution in [0, 0.1) is 0 Å². The Morgan fingerprint density at radius 3 is 2.43 bits per heavy atom. The van der Waals surface area contributed by atoms with Gasteiger partial charge in [-0.15, -0.1) is 0 Å². The molecule has 1 aromatic rings. The Balaban J connectivity index is 2.43. The van der Waals surface area contributed by atoms with Gasteiger partial charge in [-0.25, -0.2) is 0 Å². The van der Waals surface area contributed by atoms with Gasteiger partial charge in [-0.3, -0.25) is 0 Å². The van der Waals surface area contributed by atoms with Gasteiger partial charge in [0.05, 0.1) is 6.61 Å². The van der Waals surface area contributed by atoms with Gasteiger partial charge >= 0.3 is 0 Å². The Kier molecular flexibility index (Phi) is 4.39. The van der Waals surface area contributed by atoms with Crippen molar-refractivity contribution in [3.63, 3.8) is 0 Å². The molecule has 0 aromatic heterocycles. The van der Waals surface area contributed by atoms with E-state index in [-0.39, 0.29) is 13.2 Å². The van der Waals surface area contributed by atoms with Crippen LogP contribution in [0.5, 0.6) is 5.75 Å². The van der Waals surface area contributed by atoms with Gasteiger partial charge in [0.25, 0.3) is 0 Å². The molecule has 14 heavy (non-hydrogen) atoms. The van der Waals surface area contributed by atoms with Crippen LogP contribution in [0.1, 0.15) is 5.56 Å². The van der Waals surface area contributed by atoms with Crippen molar-refractivity contribution in [2.75, 3.05) is 13.2 Å². The molecule has 0 aliphatic rings. The molecule has 0 saturated carbocycles. The number of hydrogen-bond acceptors (Lipinski definition) is 4. The van der Waals surface area contributed by atoms with Crippen LogP contribution >= 0.6 is 0 Å². The molecule has 4 nitrogen and oxygen atoms in total. The largest absolute Gasteiger partial charge is 0.491 e. The molecular weight excluding hydrogens is 182 g/mol. The molecule has 0 heterocycles. The van der Waals surface area contributed by atoms with Gasteiger partial charge < -0.3 is 20.7 Å². The van der Waals surface area contributed by atoms with E-state index in [1.165, 1.54) is 0 Å². The molecule has 1 aromatic carbocycles. The predicted molar refractivity (Wildman–Crippen MR) is 52.9 cm³/mol. The second-order valence-corrected chi connectivity index (χ2v) is 3.00. The van der Waals surface area contributed by atoms with Crippen molar-refractivity contribution in [2.24, 2.45) is 5.73 Å². The van der Waals surface area contributed by atoms with Crippen molar-refractivity contribution in [1.29, 1.82) is 0 Å². The van der Waals surface area contributed by atoms with Crippen molar-refractivity contribution >= 4 is 0 Å². The Labute approximate surface area is 82.9 Å². The van der Waals surface area contributed by atoms with Gasteiger partial charge in [-0.1, -0.05) is 12.1 Å². The monoisotopic (exact) mass is 197 g/mol. The highest BCUT2D eigenvalue weighted by Crippen LogP contribution is 2.11. The lowest BCUT2D eigenvalue weighted by molar-refractivity contribution is 0.0536. The average Bonchev–Trinajstić information content (AvgIpc) is 2.26. The molecule has 4 N–H and O–H groups in total. The molecule has 0 unspecified atom stereocenters. The first-order chi connectivity index (χ1) is 6.76. The van der Waals surface area contributed by atoms with Crippen LogP contribution < -0.4 is 10.5 Å². The van der Waals surface area contributed by atoms with E-state index in [0.29, 0.717) is 12.3 Å². The molecule has 0 radical (unpaired) electrons. The lowest BCUT2D eigenvalue weighted by Crippen LogP contribution is -2.21. The van der Waals surface area contributed by atoms with E-state index in [1.54, 1.807) is 12.1 Å². The molecule has 0 amide bonds. The van der Waals surface area contributed by atoms with E-state index in [4.69, 9.17) is 20.7 Å². The zero-order chi connectivity index (χ0) is 10.4. The van der Waals surface area contributed by atoms with Gasteiger partial charge in [0, 0.05) is 6.54 Å². The summed E-state index contributed by atoms with van der Waals surface area (Å²) in [6.07, 6.45) is -0.829. The van der Waals surface area contributed by atoms with Crippen molar-refractivity contribution < 1.29 is 14.9 Å². The number of rotatable bonds is 5. The molecule has 4 heteroatoms. The third kappa shape index (κ3) is 3.33. The predicted octanol–water partition coefficient (Wildman–Crippen LogP) is -0.123. The van der Waals surface area contributed by atoms with Gasteiger partial charge in [0.2, 0.25) is 0 Å². The van der Waals surface area contributed by atoms with Crippen molar-refractivity contribution in [1.82, 2.24) is 0 Å². The molecule has 0 aliphatic carbocycles. The van der Waals surface area contributed by atoms with E-state index in [0.717, 1.165) is 5.56 Å². The average molecular weight is 197 g/mol. The van der Waals surface area contributed by atoms with Crippen molar-refractivity contribution in [3.8, 4) is 5.75 Å². The molecule has 0 aliphatic heterocycles. The second kappa shape index (κ2) is 5.59. The van der Waals surface area contributed by atoms with Crippen molar-refractivity contribution in [3.05, 3.63) is 29.8 Å². The minimum atomic E-state index is -0.829. The maximum absolute atomic E-state index is 9.03. The fourth-order valence-corrected chi connectivity index (χ4v) is 0.967. The summed E-state index contributed by atoms with van der Waals surface area (Å²) in [4.78, 5) is 0. The van der Waals surface area contributed by atoms with Crippen LogP contribution in [0.4, 0.5) is 0 Å². The smallest absolute Gasteiger partial charge is 0.119 e. The summed E-state index contributed by atoms with van der Waals surface area (Å²) in [5.41, 5.74) is 6.46. The SMILES string of the molecule is NCc1ccc(OC[C@H](O)CO)cc1. The number of nitrogens with two attached hydrogens (primary N) is 1. The van der Waals surface area contributed by atoms with Gasteiger partial charge in [0.15, 0.2) is 0 Å². The Hall–Kier alpha value is -1.10. The van der Waals surface area contributed by atoms with E-state index >= 15 is 0 Å². The Morgan fingerprint density at radius 1 is 1.29 bits per heavy atom. The number of aliphatic hydroxyl groups excluding tert-OH is 2. The lowest BCUT2D eigenvalue weighted by atomic mass is 10.2. The van der Waals surface area contributed by atoms with Crippen LogP contribution in [-0.4, -0.2) is 29.5 Å². The zero-order valence-electron chi connectivity index (χ0n) is 7.89. The summed E-state index contributed by atoms with van der Waals surface area (Å²) < 4.78 is 5.21. The topological polar surface area (TPSA) is 75.7 Å². The van der Waals surface area contributed by atoms with E-state index < -0.39 is 6.10 Å². The van der Waals surface area contributed by atoms with Gasteiger partial charge in [-0.2, -0.15) is 0 Å². The lowest BCUT2D eigenvalue weighted by Gasteiger charge is -2.09. The van der Waals surface area contributed by atoms with E-state index in [9.17, 15) is 0 Å². The molecule has 0 spiro atoms. The summed E-state index contributed by atoms with van der Waals surface area (Å²) in [6, 6.07) is 7.29. The third-order valence-electron chi connectivity index (χ3n) is 1.81. The van der Waals surface area contributed by atoms with Crippen LogP contribution in [0.25, 0.3) is 0 Å². The zero-order valence-corrected chi connectivity index (χ0v) is 7.89. The minimum Gasteiger partial charge on any atom is -0.491 e. The number of benzene rings is 1. The molecule has 1 rings (SSSR count). The highest BCUT2D eigenvalue weighted by Gasteiger charge is 2.02. The fourth-order valence-electron chi connectivity index (χ4n) is 0.967. The summed E-state index contributed by atoms with van der Waals surface area (Å²) in [6.45, 7) is 0.304. The summed E-state index contributed by atoms with van der Waals surface area (Å²) in [7, 11) is 0. The number of aliphatic hydroxyl groups is 2. The minimum absolute atomic E-state index is 0.0957. The van der Waals surface area contributed by atoms with E-state index in [2.05, 4.69) is 0 Å². The number of ether oxygens (including phenoxy) is 1. The Morgan fingerprint density at radius 2 is 1.93 bits per heavy atom. The molecule has 0 saturated heterocycles. The highest BCUT2D eigenvalue weighted by atomic mass is 16.5. The van der Waals surface area contributed by atoms with Crippen LogP contribution in [0.3, 0.4) is 0 Å². The van der Waals surface area contributed by atoms with Gasteiger partial charge in [-0.05, 0) is 17.7 Å². The summed E-state index contributed by atoms with van der Waals surface area (Å²) in [5, 5.41) is 17.6. The first-order valence-corrected chi connectivity index (χ1v) is 4.47. The summed E-state index contributed by atoms with van der Waals surface area (Å²) in [5.74, 6) is 0.662. The maximum Gasteiger partial charge on any atom is 0.119 e. The molecule has 1 atom stereocenters. The second-order valence-electron chi connectivity index (χ2n) is 3.00. The van der Waals surface area contributed by atoms with Crippen LogP contribution in [0.2, 0.25) is 0 Å². The first-order valence-electron chi connectivity index (χ1n) is 4.47. The van der Waals surface area contributed by atoms with Crippen molar-refractivity contribution in [2.45, 2.75) is 12.6 Å². The maximum atomic E-state index is 9.03. The first kappa shape index (κ1) is 11.0. The molecule has 0 fully saturated rings. The quantitative estimate of drug-likeness (QED) is 0.615. The molecule has 0 bridgehead atoms. The third-order valence-corrected chi connectivity index (χ3v) is 1.81. The van der Waals surface area contributed by atoms with Crippen LogP contribution in [-0.2, 0) is 6.54 Å².